The summed E-state index contributed by atoms with van der Waals surface area (Å²) in [4.78, 5) is 26.5. The van der Waals surface area contributed by atoms with Gasteiger partial charge in [0.2, 0.25) is 5.95 Å². The number of carbonyl (C=O) groups excluding carboxylic acids is 1. The summed E-state index contributed by atoms with van der Waals surface area (Å²) in [6.07, 6.45) is 7.00. The zero-order chi connectivity index (χ0) is 25.6. The molecule has 3 heterocycles. The minimum Gasteiger partial charge on any atom is -0.384 e. The molecule has 3 aliphatic rings. The predicted octanol–water partition coefficient (Wildman–Crippen LogP) is 3.56. The molecule has 37 heavy (non-hydrogen) atoms. The Labute approximate surface area is 215 Å². The number of aromatic nitrogens is 3. The van der Waals surface area contributed by atoms with Crippen LogP contribution in [0, 0.1) is 0 Å². The predicted molar refractivity (Wildman–Crippen MR) is 142 cm³/mol. The third kappa shape index (κ3) is 4.45. The molecule has 190 valence electrons. The van der Waals surface area contributed by atoms with E-state index in [1.54, 1.807) is 13.0 Å². The van der Waals surface area contributed by atoms with E-state index in [0.717, 1.165) is 30.8 Å². The summed E-state index contributed by atoms with van der Waals surface area (Å²) >= 11 is 0. The van der Waals surface area contributed by atoms with Crippen LogP contribution in [0.15, 0.2) is 49.2 Å². The van der Waals surface area contributed by atoms with Gasteiger partial charge >= 0.3 is 0 Å². The summed E-state index contributed by atoms with van der Waals surface area (Å²) in [6, 6.07) is 10.2. The van der Waals surface area contributed by atoms with Gasteiger partial charge in [0, 0.05) is 36.9 Å². The molecule has 9 heteroatoms. The van der Waals surface area contributed by atoms with E-state index in [4.69, 9.17) is 0 Å². The summed E-state index contributed by atoms with van der Waals surface area (Å²) in [5.74, 6) is 0.858. The number of rotatable bonds is 7. The highest BCUT2D eigenvalue weighted by Gasteiger charge is 2.46. The molecule has 1 amide bonds. The number of aryl methyl sites for hydroxylation is 1. The quantitative estimate of drug-likeness (QED) is 0.314. The first-order valence-corrected chi connectivity index (χ1v) is 12.7. The van der Waals surface area contributed by atoms with Gasteiger partial charge in [-0.15, -0.1) is 6.58 Å². The van der Waals surface area contributed by atoms with Gasteiger partial charge in [0.25, 0.3) is 5.91 Å². The van der Waals surface area contributed by atoms with Gasteiger partial charge in [0.05, 0.1) is 5.69 Å². The Morgan fingerprint density at radius 1 is 1.16 bits per heavy atom. The second-order valence-electron chi connectivity index (χ2n) is 10.4. The maximum atomic E-state index is 12.8. The molecule has 1 atom stereocenters. The first-order chi connectivity index (χ1) is 17.9. The number of pyridine rings is 1. The summed E-state index contributed by atoms with van der Waals surface area (Å²) < 4.78 is 0. The fourth-order valence-corrected chi connectivity index (χ4v) is 5.40. The third-order valence-electron chi connectivity index (χ3n) is 7.62. The number of hydrogen-bond donors (Lipinski definition) is 5. The molecule has 9 nitrogen and oxygen atoms in total. The van der Waals surface area contributed by atoms with Crippen LogP contribution in [-0.2, 0) is 24.0 Å². The van der Waals surface area contributed by atoms with Gasteiger partial charge < -0.3 is 26.4 Å². The Kier molecular flexibility index (Phi) is 5.69. The van der Waals surface area contributed by atoms with Crippen molar-refractivity contribution in [3.8, 4) is 0 Å². The minimum absolute atomic E-state index is 0.284. The molecule has 0 bridgehead atoms. The van der Waals surface area contributed by atoms with E-state index < -0.39 is 5.60 Å². The molecule has 1 saturated carbocycles. The first kappa shape index (κ1) is 23.6. The summed E-state index contributed by atoms with van der Waals surface area (Å²) in [7, 11) is 0. The van der Waals surface area contributed by atoms with Crippen LogP contribution in [0.2, 0.25) is 0 Å². The Morgan fingerprint density at radius 3 is 2.84 bits per heavy atom. The molecule has 1 aliphatic heterocycles. The molecular weight excluding hydrogens is 466 g/mol. The maximum absolute atomic E-state index is 12.8. The van der Waals surface area contributed by atoms with Crippen molar-refractivity contribution in [2.24, 2.45) is 0 Å². The number of nitrogens with zero attached hydrogens (tertiary/aromatic N) is 3. The van der Waals surface area contributed by atoms with Crippen LogP contribution >= 0.6 is 0 Å². The average molecular weight is 498 g/mol. The largest absolute Gasteiger partial charge is 0.384 e. The van der Waals surface area contributed by atoms with Crippen molar-refractivity contribution in [2.75, 3.05) is 23.7 Å². The van der Waals surface area contributed by atoms with Gasteiger partial charge in [-0.2, -0.15) is 4.98 Å². The van der Waals surface area contributed by atoms with E-state index in [0.29, 0.717) is 41.7 Å². The smallest absolute Gasteiger partial charge is 0.256 e. The fourth-order valence-electron chi connectivity index (χ4n) is 5.40. The molecule has 0 radical (unpaired) electrons. The monoisotopic (exact) mass is 497 g/mol. The zero-order valence-electron chi connectivity index (χ0n) is 20.9. The number of carbonyl (C=O) groups is 1. The molecule has 2 aromatic heterocycles. The van der Waals surface area contributed by atoms with Crippen molar-refractivity contribution in [3.63, 3.8) is 0 Å². The van der Waals surface area contributed by atoms with Crippen molar-refractivity contribution in [2.45, 2.75) is 50.2 Å². The number of benzene rings is 1. The van der Waals surface area contributed by atoms with E-state index >= 15 is 0 Å². The van der Waals surface area contributed by atoms with Crippen molar-refractivity contribution < 1.29 is 9.90 Å². The van der Waals surface area contributed by atoms with Crippen LogP contribution in [-0.4, -0.2) is 39.1 Å². The molecule has 0 unspecified atom stereocenters. The molecular formula is C28H31N7O2. The van der Waals surface area contributed by atoms with Crippen LogP contribution in [0.1, 0.15) is 58.9 Å². The van der Waals surface area contributed by atoms with Crippen LogP contribution < -0.4 is 21.3 Å². The molecule has 5 N–H and O–H groups in total. The second-order valence-corrected chi connectivity index (χ2v) is 10.4. The molecule has 0 saturated heterocycles. The third-order valence-corrected chi connectivity index (χ3v) is 7.62. The topological polar surface area (TPSA) is 124 Å². The van der Waals surface area contributed by atoms with Gasteiger partial charge in [-0.1, -0.05) is 18.2 Å². The lowest BCUT2D eigenvalue weighted by Gasteiger charge is -2.26. The highest BCUT2D eigenvalue weighted by molar-refractivity contribution is 5.99. The van der Waals surface area contributed by atoms with Crippen LogP contribution in [0.5, 0.6) is 0 Å². The normalized spacial score (nSPS) is 20.6. The SMILES string of the molecule is C=CCNC(=O)c1cnc(Nc2ccc3c(c2)CNCC32CC2)nc1Nc1ccc2c(n1)[C@@](C)(O)CC2. The molecule has 1 fully saturated rings. The van der Waals surface area contributed by atoms with Crippen LogP contribution in [0.3, 0.4) is 0 Å². The number of nitrogens with one attached hydrogen (secondary N) is 4. The van der Waals surface area contributed by atoms with Crippen molar-refractivity contribution in [1.82, 2.24) is 25.6 Å². The van der Waals surface area contributed by atoms with E-state index in [1.165, 1.54) is 30.2 Å². The Morgan fingerprint density at radius 2 is 2.03 bits per heavy atom. The van der Waals surface area contributed by atoms with Crippen LogP contribution in [0.25, 0.3) is 0 Å². The van der Waals surface area contributed by atoms with E-state index in [2.05, 4.69) is 61.0 Å². The van der Waals surface area contributed by atoms with Crippen LogP contribution in [0.4, 0.5) is 23.3 Å². The van der Waals surface area contributed by atoms with Gasteiger partial charge in [0.15, 0.2) is 0 Å². The van der Waals surface area contributed by atoms with Crippen molar-refractivity contribution >= 4 is 29.2 Å². The van der Waals surface area contributed by atoms with Crippen molar-refractivity contribution in [3.05, 3.63) is 77.1 Å². The lowest BCUT2D eigenvalue weighted by molar-refractivity contribution is 0.0555. The zero-order valence-corrected chi connectivity index (χ0v) is 20.9. The second kappa shape index (κ2) is 8.93. The van der Waals surface area contributed by atoms with Gasteiger partial charge in [0.1, 0.15) is 22.8 Å². The lowest BCUT2D eigenvalue weighted by atomic mass is 9.88. The summed E-state index contributed by atoms with van der Waals surface area (Å²) in [5.41, 5.74) is 4.92. The van der Waals surface area contributed by atoms with Gasteiger partial charge in [-0.05, 0) is 67.5 Å². The number of aliphatic hydroxyl groups is 1. The minimum atomic E-state index is -0.976. The Balaban J connectivity index is 1.30. The molecule has 3 aromatic rings. The molecule has 2 aliphatic carbocycles. The Hall–Kier alpha value is -3.82. The Bertz CT molecular complexity index is 1400. The standard InChI is InChI=1S/C28H31N7O2/c1-3-12-30-25(36)20-15-31-26(32-19-5-6-21-18(13-19)14-29-16-28(21)10-11-28)35-24(20)34-22-7-4-17-8-9-27(2,37)23(17)33-22/h3-7,13,15,29,37H,1,8-12,14,16H2,2H3,(H,30,36)(H2,31,32,33,34,35)/t27-/m0/s1. The van der Waals surface area contributed by atoms with Gasteiger partial charge in [-0.25, -0.2) is 9.97 Å². The number of anilines is 4. The number of hydrogen-bond acceptors (Lipinski definition) is 8. The van der Waals surface area contributed by atoms with Gasteiger partial charge in [-0.3, -0.25) is 4.79 Å². The van der Waals surface area contributed by atoms with E-state index in [9.17, 15) is 9.90 Å². The molecule has 1 spiro atoms. The van der Waals surface area contributed by atoms with E-state index in [1.807, 2.05) is 12.1 Å². The number of fused-ring (bicyclic) bond motifs is 3. The van der Waals surface area contributed by atoms with Crippen molar-refractivity contribution in [1.29, 1.82) is 0 Å². The average Bonchev–Trinajstić information content (AvgIpc) is 3.59. The summed E-state index contributed by atoms with van der Waals surface area (Å²) in [6.45, 7) is 7.65. The number of amides is 1. The summed E-state index contributed by atoms with van der Waals surface area (Å²) in [5, 5.41) is 23.5. The fraction of sp³-hybridized carbons (Fsp3) is 0.357. The highest BCUT2D eigenvalue weighted by atomic mass is 16.3. The first-order valence-electron chi connectivity index (χ1n) is 12.7. The molecule has 1 aromatic carbocycles. The highest BCUT2D eigenvalue weighted by Crippen LogP contribution is 2.50. The lowest BCUT2D eigenvalue weighted by Crippen LogP contribution is -2.33. The molecule has 6 rings (SSSR count). The van der Waals surface area contributed by atoms with E-state index in [-0.39, 0.29) is 11.5 Å². The maximum Gasteiger partial charge on any atom is 0.256 e.